The van der Waals surface area contributed by atoms with Crippen molar-refractivity contribution in [3.8, 4) is 0 Å². The quantitative estimate of drug-likeness (QED) is 0.0525. The number of likely N-dealkylation sites (tertiary alicyclic amines) is 2. The molecular formula is C64H70F2N16O6S2. The van der Waals surface area contributed by atoms with E-state index < -0.39 is 25.9 Å². The molecule has 2 atom stereocenters. The summed E-state index contributed by atoms with van der Waals surface area (Å²) >= 11 is 0. The molecule has 4 aromatic carbocycles. The Labute approximate surface area is 520 Å². The summed E-state index contributed by atoms with van der Waals surface area (Å²) in [6.07, 6.45) is 18.6. The summed E-state index contributed by atoms with van der Waals surface area (Å²) in [5, 5.41) is 18.3. The van der Waals surface area contributed by atoms with Crippen molar-refractivity contribution in [3.63, 3.8) is 0 Å². The number of hydrogen-bond donors (Lipinski definition) is 6. The monoisotopic (exact) mass is 1260 g/mol. The first-order valence-corrected chi connectivity index (χ1v) is 32.9. The Balaban J connectivity index is 0.000000142. The summed E-state index contributed by atoms with van der Waals surface area (Å²) in [4.78, 5) is 58.0. The molecule has 0 bridgehead atoms. The number of aryl methyl sites for hydroxylation is 2. The molecule has 26 heteroatoms. The average Bonchev–Trinajstić information content (AvgIpc) is 1.90. The standard InChI is InChI=1S/C26H27FN6O3S.C19H21FN6O.C19H22N4O2S/c1-18-8-10-20(11-9-18)37(35,36)33-14-12-21-25(29-17-30-26(21)33)31-19-5-4-13-32(16-19)24(34)15-28-23-7-3-2-6-22(23)27;20-15-5-1-2-6-16(15)22-10-17(27)26-9-3-4-13(11-26)25-19-14-7-8-21-18(14)23-12-24-19;1-14-7-9-16(10-8-14)26(24,25)23-12-11-17-18(20-13-21-19(17)23)22-15-5-3-2-4-6-15/h2-3,6-12,14,17,19,28H,4-5,13,15-16H2,1H3,(H,29,30,31);1-2,5-8,12-13,22H,3-4,9-11H2,(H2,21,23,24,25);7-13,15H,2-6H2,1H3,(H,20,21,22)/t19-;13-;/m00./s1. The van der Waals surface area contributed by atoms with E-state index in [2.05, 4.69) is 61.5 Å². The van der Waals surface area contributed by atoms with Gasteiger partial charge >= 0.3 is 0 Å². The van der Waals surface area contributed by atoms with Crippen molar-refractivity contribution in [3.05, 3.63) is 176 Å². The molecule has 10 aromatic rings. The number of fused-ring (bicyclic) bond motifs is 3. The van der Waals surface area contributed by atoms with Crippen molar-refractivity contribution >= 4 is 93.8 Å². The minimum Gasteiger partial charge on any atom is -0.374 e. The lowest BCUT2D eigenvalue weighted by molar-refractivity contribution is -0.131. The van der Waals surface area contributed by atoms with Gasteiger partial charge in [0.25, 0.3) is 20.0 Å². The number of anilines is 5. The number of nitrogens with zero attached hydrogens (tertiary/aromatic N) is 10. The second kappa shape index (κ2) is 27.9. The molecule has 2 aliphatic heterocycles. The van der Waals surface area contributed by atoms with Gasteiger partial charge in [-0.15, -0.1) is 0 Å². The SMILES string of the molecule is Cc1ccc(S(=O)(=O)n2ccc3c(NC4CCCCC4)ncnc32)cc1.Cc1ccc(S(=O)(=O)n2ccc3c(N[C@H]4CCCN(C(=O)CNc5ccccc5F)C4)ncnc32)cc1.O=C(CNc1ccccc1F)N1CCC[C@H](Nc2ncnc3[nH]ccc23)C1. The van der Waals surface area contributed by atoms with E-state index >= 15 is 0 Å². The summed E-state index contributed by atoms with van der Waals surface area (Å²) in [5.41, 5.74) is 4.07. The number of carbonyl (C=O) groups is 2. The van der Waals surface area contributed by atoms with Crippen molar-refractivity contribution in [1.29, 1.82) is 0 Å². The van der Waals surface area contributed by atoms with Gasteiger partial charge in [-0.1, -0.05) is 78.9 Å². The molecule has 6 aromatic heterocycles. The van der Waals surface area contributed by atoms with Gasteiger partial charge in [-0.25, -0.2) is 63.5 Å². The third-order valence-electron chi connectivity index (χ3n) is 16.2. The first-order valence-electron chi connectivity index (χ1n) is 30.0. The molecule has 22 nitrogen and oxygen atoms in total. The maximum atomic E-state index is 13.9. The van der Waals surface area contributed by atoms with Gasteiger partial charge < -0.3 is 41.4 Å². The van der Waals surface area contributed by atoms with E-state index in [1.165, 1.54) is 60.5 Å². The van der Waals surface area contributed by atoms with Crippen LogP contribution in [0.1, 0.15) is 68.9 Å². The van der Waals surface area contributed by atoms with Gasteiger partial charge in [-0.3, -0.25) is 9.59 Å². The zero-order valence-corrected chi connectivity index (χ0v) is 51.4. The fourth-order valence-electron chi connectivity index (χ4n) is 11.4. The van der Waals surface area contributed by atoms with Crippen LogP contribution in [0.4, 0.5) is 37.6 Å². The average molecular weight is 1260 g/mol. The van der Waals surface area contributed by atoms with E-state index in [4.69, 9.17) is 0 Å². The van der Waals surface area contributed by atoms with Crippen LogP contribution in [0.3, 0.4) is 0 Å². The number of nitrogens with one attached hydrogen (secondary N) is 6. The summed E-state index contributed by atoms with van der Waals surface area (Å²) < 4.78 is 82.4. The fraction of sp³-hybridized carbons (Fsp3) is 0.312. The Bertz CT molecular complexity index is 4370. The highest BCUT2D eigenvalue weighted by molar-refractivity contribution is 7.90. The summed E-state index contributed by atoms with van der Waals surface area (Å²) in [6.45, 7) is 6.25. The maximum absolute atomic E-state index is 13.9. The van der Waals surface area contributed by atoms with Gasteiger partial charge in [0, 0.05) is 62.9 Å². The van der Waals surface area contributed by atoms with Crippen LogP contribution in [-0.2, 0) is 29.6 Å². The van der Waals surface area contributed by atoms with Crippen LogP contribution in [0, 0.1) is 25.5 Å². The largest absolute Gasteiger partial charge is 0.374 e. The molecule has 2 saturated heterocycles. The van der Waals surface area contributed by atoms with E-state index in [9.17, 15) is 35.2 Å². The van der Waals surface area contributed by atoms with Crippen LogP contribution in [-0.4, -0.2) is 139 Å². The third kappa shape index (κ3) is 14.4. The number of carbonyl (C=O) groups excluding carboxylic acids is 2. The molecule has 8 heterocycles. The lowest BCUT2D eigenvalue weighted by Gasteiger charge is -2.33. The number of amides is 2. The molecule has 468 valence electrons. The van der Waals surface area contributed by atoms with Crippen LogP contribution < -0.4 is 26.6 Å². The Morgan fingerprint density at radius 1 is 0.500 bits per heavy atom. The Hall–Kier alpha value is -9.56. The van der Waals surface area contributed by atoms with Gasteiger partial charge in [-0.05, 0) is 119 Å². The minimum absolute atomic E-state index is 0.00880. The number of aromatic nitrogens is 9. The minimum atomic E-state index is -3.83. The van der Waals surface area contributed by atoms with Gasteiger partial charge in [0.05, 0.1) is 50.4 Å². The molecule has 90 heavy (non-hydrogen) atoms. The van der Waals surface area contributed by atoms with Crippen LogP contribution in [0.2, 0.25) is 0 Å². The van der Waals surface area contributed by atoms with Gasteiger partial charge in [-0.2, -0.15) is 0 Å². The molecular weight excluding hydrogens is 1190 g/mol. The Morgan fingerprint density at radius 3 is 1.39 bits per heavy atom. The summed E-state index contributed by atoms with van der Waals surface area (Å²) in [7, 11) is -7.52. The number of piperidine rings is 2. The number of para-hydroxylation sites is 2. The van der Waals surface area contributed by atoms with E-state index in [1.807, 2.05) is 31.0 Å². The molecule has 0 spiro atoms. The zero-order chi connectivity index (χ0) is 62.8. The molecule has 0 radical (unpaired) electrons. The van der Waals surface area contributed by atoms with E-state index in [0.717, 1.165) is 75.9 Å². The maximum Gasteiger partial charge on any atom is 0.269 e. The van der Waals surface area contributed by atoms with Crippen molar-refractivity contribution in [2.45, 2.75) is 99.6 Å². The molecule has 1 aliphatic carbocycles. The van der Waals surface area contributed by atoms with Crippen molar-refractivity contribution in [2.75, 3.05) is 65.9 Å². The Kier molecular flexibility index (Phi) is 19.2. The third-order valence-corrected chi connectivity index (χ3v) is 19.6. The number of halogens is 2. The first kappa shape index (κ1) is 62.1. The predicted molar refractivity (Wildman–Crippen MR) is 343 cm³/mol. The van der Waals surface area contributed by atoms with Gasteiger partial charge in [0.15, 0.2) is 11.3 Å². The predicted octanol–water partition coefficient (Wildman–Crippen LogP) is 9.96. The number of H-pyrrole nitrogens is 1. The van der Waals surface area contributed by atoms with Crippen LogP contribution in [0.15, 0.2) is 163 Å². The lowest BCUT2D eigenvalue weighted by Crippen LogP contribution is -2.47. The van der Waals surface area contributed by atoms with Gasteiger partial charge in [0.1, 0.15) is 53.7 Å². The summed E-state index contributed by atoms with van der Waals surface area (Å²) in [6, 6.07) is 31.9. The highest BCUT2D eigenvalue weighted by Crippen LogP contribution is 2.30. The van der Waals surface area contributed by atoms with Crippen LogP contribution in [0.5, 0.6) is 0 Å². The normalized spacial score (nSPS) is 16.4. The Morgan fingerprint density at radius 2 is 0.922 bits per heavy atom. The second-order valence-electron chi connectivity index (χ2n) is 22.5. The van der Waals surface area contributed by atoms with Crippen LogP contribution >= 0.6 is 0 Å². The number of hydrogen-bond acceptors (Lipinski definition) is 17. The highest BCUT2D eigenvalue weighted by Gasteiger charge is 2.28. The van der Waals surface area contributed by atoms with E-state index in [0.29, 0.717) is 60.6 Å². The van der Waals surface area contributed by atoms with E-state index in [1.54, 1.807) is 108 Å². The summed E-state index contributed by atoms with van der Waals surface area (Å²) in [5.74, 6) is 1.05. The molecule has 2 amide bonds. The molecule has 13 rings (SSSR count). The molecule has 6 N–H and O–H groups in total. The molecule has 3 aliphatic rings. The van der Waals surface area contributed by atoms with Gasteiger partial charge in [0.2, 0.25) is 11.8 Å². The molecule has 0 unspecified atom stereocenters. The number of benzene rings is 4. The topological polar surface area (TPSA) is 272 Å². The second-order valence-corrected chi connectivity index (χ2v) is 26.2. The molecule has 3 fully saturated rings. The number of rotatable bonds is 16. The van der Waals surface area contributed by atoms with Crippen molar-refractivity contribution in [1.82, 2.24) is 52.6 Å². The highest BCUT2D eigenvalue weighted by atomic mass is 32.2. The lowest BCUT2D eigenvalue weighted by atomic mass is 9.95. The number of aromatic amines is 1. The van der Waals surface area contributed by atoms with Crippen molar-refractivity contribution < 1.29 is 35.2 Å². The molecule has 1 saturated carbocycles. The fourth-order valence-corrected chi connectivity index (χ4v) is 14.0. The first-order chi connectivity index (χ1) is 43.6. The van der Waals surface area contributed by atoms with Crippen molar-refractivity contribution in [2.24, 2.45) is 0 Å². The van der Waals surface area contributed by atoms with Crippen LogP contribution in [0.25, 0.3) is 33.1 Å². The zero-order valence-electron chi connectivity index (χ0n) is 49.8. The van der Waals surface area contributed by atoms with E-state index in [-0.39, 0.29) is 63.9 Å². The smallest absolute Gasteiger partial charge is 0.269 e.